The first-order chi connectivity index (χ1) is 12.7. The number of nitrogens with one attached hydrogen (secondary N) is 3. The number of para-hydroxylation sites is 1. The average molecular weight is 367 g/mol. The summed E-state index contributed by atoms with van der Waals surface area (Å²) in [5.74, 6) is 0.757. The molecule has 26 heavy (non-hydrogen) atoms. The molecule has 0 aliphatic carbocycles. The maximum absolute atomic E-state index is 11.9. The summed E-state index contributed by atoms with van der Waals surface area (Å²) < 4.78 is 0. The Morgan fingerprint density at radius 1 is 0.885 bits per heavy atom. The van der Waals surface area contributed by atoms with E-state index in [4.69, 9.17) is 11.6 Å². The van der Waals surface area contributed by atoms with Gasteiger partial charge in [-0.25, -0.2) is 9.78 Å². The summed E-state index contributed by atoms with van der Waals surface area (Å²) in [5.41, 5.74) is 2.57. The lowest BCUT2D eigenvalue weighted by Crippen LogP contribution is -2.19. The fraction of sp³-hybridized carbons (Fsp3) is 0.100. The number of rotatable bonds is 6. The molecule has 0 unspecified atom stereocenters. The number of benzene rings is 2. The van der Waals surface area contributed by atoms with Crippen molar-refractivity contribution in [2.45, 2.75) is 6.42 Å². The van der Waals surface area contributed by atoms with E-state index in [2.05, 4.69) is 20.9 Å². The predicted molar refractivity (Wildman–Crippen MR) is 107 cm³/mol. The summed E-state index contributed by atoms with van der Waals surface area (Å²) in [5, 5.41) is 9.50. The third-order valence-corrected chi connectivity index (χ3v) is 3.94. The van der Waals surface area contributed by atoms with Crippen LogP contribution in [0.25, 0.3) is 0 Å². The first-order valence-corrected chi connectivity index (χ1v) is 8.64. The Kier molecular flexibility index (Phi) is 6.06. The topological polar surface area (TPSA) is 66.1 Å². The molecule has 0 saturated carbocycles. The minimum absolute atomic E-state index is 0.304. The first-order valence-electron chi connectivity index (χ1n) is 8.26. The van der Waals surface area contributed by atoms with Gasteiger partial charge in [-0.2, -0.15) is 0 Å². The van der Waals surface area contributed by atoms with Crippen LogP contribution in [-0.2, 0) is 6.42 Å². The van der Waals surface area contributed by atoms with Crippen LogP contribution in [0.15, 0.2) is 72.9 Å². The van der Waals surface area contributed by atoms with Crippen LogP contribution < -0.4 is 16.0 Å². The summed E-state index contributed by atoms with van der Waals surface area (Å²) in [6, 6.07) is 20.4. The van der Waals surface area contributed by atoms with Crippen molar-refractivity contribution < 1.29 is 4.79 Å². The van der Waals surface area contributed by atoms with Gasteiger partial charge in [-0.1, -0.05) is 41.9 Å². The molecule has 1 aromatic heterocycles. The highest BCUT2D eigenvalue weighted by Crippen LogP contribution is 2.13. The maximum atomic E-state index is 11.9. The summed E-state index contributed by atoms with van der Waals surface area (Å²) in [6.45, 7) is 0.760. The molecule has 6 heteroatoms. The molecule has 0 saturated heterocycles. The largest absolute Gasteiger partial charge is 0.370 e. The second kappa shape index (κ2) is 8.87. The summed E-state index contributed by atoms with van der Waals surface area (Å²) in [6.07, 6.45) is 2.49. The Morgan fingerprint density at radius 3 is 2.31 bits per heavy atom. The standard InChI is InChI=1S/C20H19ClN4O/c21-16-8-6-15(7-9-16)12-13-22-19-11-10-18(14-23-19)25-20(26)24-17-4-2-1-3-5-17/h1-11,14H,12-13H2,(H,22,23)(H2,24,25,26). The Balaban J connectivity index is 1.45. The molecular formula is C20H19ClN4O. The molecule has 0 spiro atoms. The first kappa shape index (κ1) is 17.8. The fourth-order valence-electron chi connectivity index (χ4n) is 2.37. The number of pyridine rings is 1. The van der Waals surface area contributed by atoms with Crippen molar-refractivity contribution in [3.8, 4) is 0 Å². The third kappa shape index (κ3) is 5.50. The Bertz CT molecular complexity index is 836. The molecule has 0 fully saturated rings. The zero-order valence-electron chi connectivity index (χ0n) is 14.1. The van der Waals surface area contributed by atoms with Gasteiger partial charge < -0.3 is 16.0 Å². The number of aromatic nitrogens is 1. The van der Waals surface area contributed by atoms with Gasteiger partial charge >= 0.3 is 6.03 Å². The van der Waals surface area contributed by atoms with E-state index in [-0.39, 0.29) is 6.03 Å². The molecule has 1 heterocycles. The number of nitrogens with zero attached hydrogens (tertiary/aromatic N) is 1. The van der Waals surface area contributed by atoms with Crippen molar-refractivity contribution in [2.75, 3.05) is 22.5 Å². The number of urea groups is 1. The van der Waals surface area contributed by atoms with Gasteiger partial charge in [-0.3, -0.25) is 0 Å². The quantitative estimate of drug-likeness (QED) is 0.573. The van der Waals surface area contributed by atoms with Crippen molar-refractivity contribution in [1.82, 2.24) is 4.98 Å². The van der Waals surface area contributed by atoms with E-state index in [0.717, 1.165) is 29.5 Å². The van der Waals surface area contributed by atoms with E-state index < -0.39 is 0 Å². The highest BCUT2D eigenvalue weighted by atomic mass is 35.5. The second-order valence-electron chi connectivity index (χ2n) is 5.68. The molecule has 0 aliphatic rings. The summed E-state index contributed by atoms with van der Waals surface area (Å²) in [4.78, 5) is 16.3. The van der Waals surface area contributed by atoms with Crippen molar-refractivity contribution >= 4 is 34.8 Å². The van der Waals surface area contributed by atoms with Gasteiger partial charge in [0.2, 0.25) is 0 Å². The fourth-order valence-corrected chi connectivity index (χ4v) is 2.50. The zero-order chi connectivity index (χ0) is 18.2. The lowest BCUT2D eigenvalue weighted by Gasteiger charge is -2.09. The lowest BCUT2D eigenvalue weighted by molar-refractivity contribution is 0.262. The number of amides is 2. The van der Waals surface area contributed by atoms with E-state index in [1.54, 1.807) is 6.20 Å². The number of hydrogen-bond acceptors (Lipinski definition) is 3. The van der Waals surface area contributed by atoms with E-state index in [1.807, 2.05) is 66.7 Å². The smallest absolute Gasteiger partial charge is 0.323 e. The lowest BCUT2D eigenvalue weighted by atomic mass is 10.1. The SMILES string of the molecule is O=C(Nc1ccccc1)Nc1ccc(NCCc2ccc(Cl)cc2)nc1. The van der Waals surface area contributed by atoms with Crippen LogP contribution in [0.1, 0.15) is 5.56 Å². The van der Waals surface area contributed by atoms with Crippen LogP contribution in [0, 0.1) is 0 Å². The van der Waals surface area contributed by atoms with Gasteiger partial charge in [0.25, 0.3) is 0 Å². The number of halogens is 1. The van der Waals surface area contributed by atoms with Crippen molar-refractivity contribution in [3.63, 3.8) is 0 Å². The van der Waals surface area contributed by atoms with E-state index >= 15 is 0 Å². The van der Waals surface area contributed by atoms with E-state index in [1.165, 1.54) is 5.56 Å². The van der Waals surface area contributed by atoms with Gasteiger partial charge in [0, 0.05) is 17.3 Å². The molecule has 0 bridgehead atoms. The van der Waals surface area contributed by atoms with Crippen molar-refractivity contribution in [1.29, 1.82) is 0 Å². The second-order valence-corrected chi connectivity index (χ2v) is 6.12. The Morgan fingerprint density at radius 2 is 1.62 bits per heavy atom. The van der Waals surface area contributed by atoms with Gasteiger partial charge in [-0.15, -0.1) is 0 Å². The molecule has 5 nitrogen and oxygen atoms in total. The molecule has 3 aromatic rings. The molecule has 2 aromatic carbocycles. The van der Waals surface area contributed by atoms with Crippen molar-refractivity contribution in [2.24, 2.45) is 0 Å². The van der Waals surface area contributed by atoms with Crippen LogP contribution in [0.5, 0.6) is 0 Å². The maximum Gasteiger partial charge on any atom is 0.323 e. The minimum atomic E-state index is -0.304. The molecule has 132 valence electrons. The molecule has 3 rings (SSSR count). The number of carbonyl (C=O) groups excluding carboxylic acids is 1. The number of carbonyl (C=O) groups is 1. The van der Waals surface area contributed by atoms with Crippen LogP contribution in [0.2, 0.25) is 5.02 Å². The Labute approximate surface area is 157 Å². The van der Waals surface area contributed by atoms with E-state index in [0.29, 0.717) is 5.69 Å². The van der Waals surface area contributed by atoms with Gasteiger partial charge in [-0.05, 0) is 48.4 Å². The summed E-state index contributed by atoms with van der Waals surface area (Å²) in [7, 11) is 0. The van der Waals surface area contributed by atoms with Crippen LogP contribution >= 0.6 is 11.6 Å². The summed E-state index contributed by atoms with van der Waals surface area (Å²) >= 11 is 5.88. The number of hydrogen-bond donors (Lipinski definition) is 3. The minimum Gasteiger partial charge on any atom is -0.370 e. The molecule has 0 atom stereocenters. The van der Waals surface area contributed by atoms with Crippen molar-refractivity contribution in [3.05, 3.63) is 83.5 Å². The van der Waals surface area contributed by atoms with Crippen LogP contribution in [0.4, 0.5) is 22.0 Å². The number of anilines is 3. The zero-order valence-corrected chi connectivity index (χ0v) is 14.8. The normalized spacial score (nSPS) is 10.2. The molecular weight excluding hydrogens is 348 g/mol. The van der Waals surface area contributed by atoms with Gasteiger partial charge in [0.05, 0.1) is 11.9 Å². The molecule has 0 radical (unpaired) electrons. The molecule has 2 amide bonds. The molecule has 3 N–H and O–H groups in total. The van der Waals surface area contributed by atoms with Crippen LogP contribution in [0.3, 0.4) is 0 Å². The highest BCUT2D eigenvalue weighted by Gasteiger charge is 2.03. The van der Waals surface area contributed by atoms with Gasteiger partial charge in [0.1, 0.15) is 5.82 Å². The third-order valence-electron chi connectivity index (χ3n) is 3.69. The van der Waals surface area contributed by atoms with Gasteiger partial charge in [0.15, 0.2) is 0 Å². The monoisotopic (exact) mass is 366 g/mol. The predicted octanol–water partition coefficient (Wildman–Crippen LogP) is 5.03. The molecule has 0 aliphatic heterocycles. The van der Waals surface area contributed by atoms with Crippen LogP contribution in [-0.4, -0.2) is 17.6 Å². The van der Waals surface area contributed by atoms with E-state index in [9.17, 15) is 4.79 Å². The highest BCUT2D eigenvalue weighted by molar-refractivity contribution is 6.30. The average Bonchev–Trinajstić information content (AvgIpc) is 2.65. The Hall–Kier alpha value is -3.05.